The summed E-state index contributed by atoms with van der Waals surface area (Å²) in [6.07, 6.45) is -2.12. The number of hydrogen-bond donors (Lipinski definition) is 1. The van der Waals surface area contributed by atoms with Gasteiger partial charge in [-0.25, -0.2) is 4.39 Å². The molecule has 0 heterocycles. The second-order valence-corrected chi connectivity index (χ2v) is 5.43. The summed E-state index contributed by atoms with van der Waals surface area (Å²) in [5.74, 6) is -0.914. The van der Waals surface area contributed by atoms with E-state index < -0.39 is 17.6 Å². The molecule has 0 aliphatic heterocycles. The molecule has 3 atom stereocenters. The van der Waals surface area contributed by atoms with Crippen LogP contribution in [0.15, 0.2) is 18.2 Å². The summed E-state index contributed by atoms with van der Waals surface area (Å²) in [5.41, 5.74) is 5.29. The van der Waals surface area contributed by atoms with Crippen LogP contribution in [0.4, 0.5) is 17.6 Å². The average Bonchev–Trinajstić information content (AvgIpc) is 2.31. The van der Waals surface area contributed by atoms with Crippen molar-refractivity contribution in [1.82, 2.24) is 0 Å². The third-order valence-corrected chi connectivity index (χ3v) is 3.89. The van der Waals surface area contributed by atoms with Crippen molar-refractivity contribution >= 4 is 0 Å². The van der Waals surface area contributed by atoms with Crippen LogP contribution in [-0.2, 0) is 6.18 Å². The smallest absolute Gasteiger partial charge is 0.327 e. The topological polar surface area (TPSA) is 26.0 Å². The Bertz CT molecular complexity index is 455. The molecule has 19 heavy (non-hydrogen) atoms. The maximum absolute atomic E-state index is 13.3. The van der Waals surface area contributed by atoms with Gasteiger partial charge in [0.15, 0.2) is 0 Å². The quantitative estimate of drug-likeness (QED) is 0.768. The van der Waals surface area contributed by atoms with E-state index in [1.165, 1.54) is 6.07 Å². The zero-order valence-corrected chi connectivity index (χ0v) is 10.7. The average molecular weight is 275 g/mol. The molecule has 5 heteroatoms. The van der Waals surface area contributed by atoms with Gasteiger partial charge in [0.1, 0.15) is 5.82 Å². The second kappa shape index (κ2) is 5.12. The van der Waals surface area contributed by atoms with E-state index in [0.29, 0.717) is 11.5 Å². The summed E-state index contributed by atoms with van der Waals surface area (Å²) in [6, 6.07) is 3.08. The largest absolute Gasteiger partial charge is 0.419 e. The van der Waals surface area contributed by atoms with Gasteiger partial charge in [-0.2, -0.15) is 13.2 Å². The third kappa shape index (κ3) is 3.08. The van der Waals surface area contributed by atoms with Gasteiger partial charge >= 0.3 is 6.18 Å². The molecule has 1 aromatic rings. The molecule has 1 aliphatic carbocycles. The Balaban J connectivity index is 2.35. The Morgan fingerprint density at radius 3 is 2.53 bits per heavy atom. The first kappa shape index (κ1) is 14.3. The highest BCUT2D eigenvalue weighted by Gasteiger charge is 2.36. The molecule has 0 saturated heterocycles. The fraction of sp³-hybridized carbons (Fsp3) is 0.571. The van der Waals surface area contributed by atoms with Crippen LogP contribution in [0, 0.1) is 11.7 Å². The highest BCUT2D eigenvalue weighted by atomic mass is 19.4. The highest BCUT2D eigenvalue weighted by Crippen LogP contribution is 2.38. The van der Waals surface area contributed by atoms with E-state index in [-0.39, 0.29) is 12.0 Å². The Kier molecular flexibility index (Phi) is 3.85. The number of halogens is 4. The van der Waals surface area contributed by atoms with Crippen LogP contribution in [0.3, 0.4) is 0 Å². The number of nitrogens with two attached hydrogens (primary N) is 1. The van der Waals surface area contributed by atoms with Crippen LogP contribution in [0.5, 0.6) is 0 Å². The lowest BCUT2D eigenvalue weighted by atomic mass is 9.75. The molecule has 2 N–H and O–H groups in total. The van der Waals surface area contributed by atoms with Gasteiger partial charge in [-0.3, -0.25) is 0 Å². The number of alkyl halides is 3. The van der Waals surface area contributed by atoms with Gasteiger partial charge in [-0.15, -0.1) is 0 Å². The predicted octanol–water partition coefficient (Wildman–Crippen LogP) is 4.08. The Morgan fingerprint density at radius 2 is 1.89 bits per heavy atom. The number of hydrogen-bond acceptors (Lipinski definition) is 1. The lowest BCUT2D eigenvalue weighted by Crippen LogP contribution is -2.34. The molecule has 1 aliphatic rings. The normalized spacial score (nSPS) is 28.4. The molecule has 2 rings (SSSR count). The minimum absolute atomic E-state index is 0.120. The van der Waals surface area contributed by atoms with Crippen molar-refractivity contribution in [3.63, 3.8) is 0 Å². The van der Waals surface area contributed by atoms with Gasteiger partial charge in [-0.1, -0.05) is 13.0 Å². The minimum Gasteiger partial charge on any atom is -0.327 e. The zero-order chi connectivity index (χ0) is 14.2. The van der Waals surface area contributed by atoms with Gasteiger partial charge in [-0.05, 0) is 48.8 Å². The van der Waals surface area contributed by atoms with Crippen LogP contribution in [-0.4, -0.2) is 6.04 Å². The molecule has 1 aromatic carbocycles. The van der Waals surface area contributed by atoms with Gasteiger partial charge in [0.2, 0.25) is 0 Å². The van der Waals surface area contributed by atoms with Crippen LogP contribution in [0.1, 0.15) is 43.2 Å². The first-order valence-electron chi connectivity index (χ1n) is 6.41. The molecular weight excluding hydrogens is 258 g/mol. The van der Waals surface area contributed by atoms with Crippen LogP contribution in [0.25, 0.3) is 0 Å². The molecule has 0 amide bonds. The monoisotopic (exact) mass is 275 g/mol. The SMILES string of the molecule is CC1CCC(N)C(c2ccc(F)c(C(F)(F)F)c2)C1. The number of benzene rings is 1. The first-order valence-corrected chi connectivity index (χ1v) is 6.41. The van der Waals surface area contributed by atoms with Gasteiger partial charge < -0.3 is 5.73 Å². The van der Waals surface area contributed by atoms with E-state index in [0.717, 1.165) is 31.4 Å². The van der Waals surface area contributed by atoms with Crippen molar-refractivity contribution in [2.75, 3.05) is 0 Å². The first-order chi connectivity index (χ1) is 8.79. The van der Waals surface area contributed by atoms with E-state index in [1.807, 2.05) is 0 Å². The maximum Gasteiger partial charge on any atom is 0.419 e. The molecule has 106 valence electrons. The predicted molar refractivity (Wildman–Crippen MR) is 65.1 cm³/mol. The van der Waals surface area contributed by atoms with E-state index in [4.69, 9.17) is 5.73 Å². The van der Waals surface area contributed by atoms with E-state index in [2.05, 4.69) is 6.92 Å². The van der Waals surface area contributed by atoms with Crippen molar-refractivity contribution in [3.8, 4) is 0 Å². The molecule has 3 unspecified atom stereocenters. The van der Waals surface area contributed by atoms with Crippen LogP contribution < -0.4 is 5.73 Å². The molecule has 1 saturated carbocycles. The third-order valence-electron chi connectivity index (χ3n) is 3.89. The van der Waals surface area contributed by atoms with E-state index >= 15 is 0 Å². The Morgan fingerprint density at radius 1 is 1.21 bits per heavy atom. The fourth-order valence-corrected chi connectivity index (χ4v) is 2.78. The van der Waals surface area contributed by atoms with Crippen molar-refractivity contribution < 1.29 is 17.6 Å². The lowest BCUT2D eigenvalue weighted by molar-refractivity contribution is -0.140. The molecule has 0 aromatic heterocycles. The lowest BCUT2D eigenvalue weighted by Gasteiger charge is -2.33. The summed E-state index contributed by atoms with van der Waals surface area (Å²) in [7, 11) is 0. The number of rotatable bonds is 1. The second-order valence-electron chi connectivity index (χ2n) is 5.43. The standard InChI is InChI=1S/C14H17F4N/c1-8-2-5-13(19)10(6-8)9-3-4-12(15)11(7-9)14(16,17)18/h3-4,7-8,10,13H,2,5-6,19H2,1H3. The van der Waals surface area contributed by atoms with E-state index in [1.54, 1.807) is 0 Å². The van der Waals surface area contributed by atoms with Gasteiger partial charge in [0.25, 0.3) is 0 Å². The fourth-order valence-electron chi connectivity index (χ4n) is 2.78. The minimum atomic E-state index is -4.66. The highest BCUT2D eigenvalue weighted by molar-refractivity contribution is 5.31. The molecule has 1 fully saturated rings. The molecule has 0 spiro atoms. The van der Waals surface area contributed by atoms with Crippen molar-refractivity contribution in [2.45, 2.75) is 44.3 Å². The molecule has 0 bridgehead atoms. The molecular formula is C14H17F4N. The Hall–Kier alpha value is -1.10. The van der Waals surface area contributed by atoms with Crippen LogP contribution in [0.2, 0.25) is 0 Å². The summed E-state index contributed by atoms with van der Waals surface area (Å²) in [5, 5.41) is 0. The van der Waals surface area contributed by atoms with Gasteiger partial charge in [0.05, 0.1) is 5.56 Å². The van der Waals surface area contributed by atoms with Crippen molar-refractivity contribution in [2.24, 2.45) is 11.7 Å². The van der Waals surface area contributed by atoms with Crippen molar-refractivity contribution in [3.05, 3.63) is 35.1 Å². The summed E-state index contributed by atoms with van der Waals surface area (Å²) in [6.45, 7) is 2.06. The summed E-state index contributed by atoms with van der Waals surface area (Å²) >= 11 is 0. The summed E-state index contributed by atoms with van der Waals surface area (Å²) in [4.78, 5) is 0. The molecule has 0 radical (unpaired) electrons. The Labute approximate surface area is 109 Å². The summed E-state index contributed by atoms with van der Waals surface area (Å²) < 4.78 is 51.4. The van der Waals surface area contributed by atoms with E-state index in [9.17, 15) is 17.6 Å². The molecule has 1 nitrogen and oxygen atoms in total. The zero-order valence-electron chi connectivity index (χ0n) is 10.7. The van der Waals surface area contributed by atoms with Crippen LogP contribution >= 0.6 is 0 Å². The van der Waals surface area contributed by atoms with Crippen molar-refractivity contribution in [1.29, 1.82) is 0 Å². The van der Waals surface area contributed by atoms with Gasteiger partial charge in [0, 0.05) is 6.04 Å². The maximum atomic E-state index is 13.3.